The SMILES string of the molecule is COC(=O)c1ccc(C(OC(C)=O)OC(C)=O)[n+]([O-])c1. The second-order valence-electron chi connectivity index (χ2n) is 3.71. The summed E-state index contributed by atoms with van der Waals surface area (Å²) in [5.74, 6) is -2.15. The number of carbonyl (C=O) groups is 3. The summed E-state index contributed by atoms with van der Waals surface area (Å²) in [6, 6.07) is 2.49. The largest absolute Gasteiger partial charge is 0.618 e. The minimum atomic E-state index is -1.48. The highest BCUT2D eigenvalue weighted by Crippen LogP contribution is 2.16. The second-order valence-corrected chi connectivity index (χ2v) is 3.71. The average molecular weight is 283 g/mol. The normalized spacial score (nSPS) is 10.0. The van der Waals surface area contributed by atoms with E-state index in [4.69, 9.17) is 9.47 Å². The van der Waals surface area contributed by atoms with Crippen molar-refractivity contribution in [2.24, 2.45) is 0 Å². The highest BCUT2D eigenvalue weighted by Gasteiger charge is 2.27. The fourth-order valence-electron chi connectivity index (χ4n) is 1.36. The van der Waals surface area contributed by atoms with Crippen LogP contribution in [0.2, 0.25) is 0 Å². The van der Waals surface area contributed by atoms with Crippen molar-refractivity contribution in [3.63, 3.8) is 0 Å². The predicted octanol–water partition coefficient (Wildman–Crippen LogP) is 0.231. The van der Waals surface area contributed by atoms with Gasteiger partial charge in [0.05, 0.1) is 7.11 Å². The molecule has 1 aromatic rings. The number of esters is 3. The third-order valence-corrected chi connectivity index (χ3v) is 2.15. The molecule has 0 aliphatic heterocycles. The molecule has 1 heterocycles. The van der Waals surface area contributed by atoms with Gasteiger partial charge >= 0.3 is 24.2 Å². The van der Waals surface area contributed by atoms with Gasteiger partial charge in [-0.25, -0.2) is 4.79 Å². The summed E-state index contributed by atoms with van der Waals surface area (Å²) in [4.78, 5) is 33.1. The molecule has 0 saturated heterocycles. The monoisotopic (exact) mass is 283 g/mol. The molecule has 8 heteroatoms. The number of rotatable bonds is 4. The Kier molecular flexibility index (Phi) is 5.01. The fraction of sp³-hybridized carbons (Fsp3) is 0.333. The lowest BCUT2D eigenvalue weighted by Crippen LogP contribution is -2.36. The fourth-order valence-corrected chi connectivity index (χ4v) is 1.36. The number of methoxy groups -OCH3 is 1. The van der Waals surface area contributed by atoms with E-state index in [2.05, 4.69) is 4.74 Å². The van der Waals surface area contributed by atoms with E-state index in [0.29, 0.717) is 0 Å². The molecule has 0 unspecified atom stereocenters. The molecule has 20 heavy (non-hydrogen) atoms. The van der Waals surface area contributed by atoms with Gasteiger partial charge in [-0.2, -0.15) is 4.73 Å². The maximum absolute atomic E-state index is 11.8. The van der Waals surface area contributed by atoms with Crippen LogP contribution in [0.15, 0.2) is 18.3 Å². The topological polar surface area (TPSA) is 106 Å². The van der Waals surface area contributed by atoms with E-state index in [1.54, 1.807) is 0 Å². The summed E-state index contributed by atoms with van der Waals surface area (Å²) in [6.45, 7) is 2.21. The summed E-state index contributed by atoms with van der Waals surface area (Å²) >= 11 is 0. The minimum Gasteiger partial charge on any atom is -0.618 e. The molecular weight excluding hydrogens is 270 g/mol. The Morgan fingerprint density at radius 2 is 1.70 bits per heavy atom. The molecule has 0 aromatic carbocycles. The van der Waals surface area contributed by atoms with E-state index in [-0.39, 0.29) is 16.0 Å². The van der Waals surface area contributed by atoms with Crippen LogP contribution in [0.4, 0.5) is 0 Å². The van der Waals surface area contributed by atoms with Gasteiger partial charge in [-0.05, 0) is 6.07 Å². The summed E-state index contributed by atoms with van der Waals surface area (Å²) < 4.78 is 14.2. The highest BCUT2D eigenvalue weighted by atomic mass is 16.7. The number of aromatic nitrogens is 1. The Balaban J connectivity index is 3.10. The van der Waals surface area contributed by atoms with Gasteiger partial charge in [-0.3, -0.25) is 9.59 Å². The summed E-state index contributed by atoms with van der Waals surface area (Å²) in [7, 11) is 1.17. The van der Waals surface area contributed by atoms with Crippen molar-refractivity contribution < 1.29 is 33.3 Å². The lowest BCUT2D eigenvalue weighted by Gasteiger charge is -2.15. The Bertz CT molecular complexity index is 525. The molecule has 8 nitrogen and oxygen atoms in total. The van der Waals surface area contributed by atoms with Gasteiger partial charge in [-0.1, -0.05) is 0 Å². The van der Waals surface area contributed by atoms with E-state index in [9.17, 15) is 19.6 Å². The lowest BCUT2D eigenvalue weighted by molar-refractivity contribution is -0.622. The van der Waals surface area contributed by atoms with Crippen LogP contribution in [0.1, 0.15) is 36.2 Å². The Hall–Kier alpha value is -2.64. The molecule has 0 atom stereocenters. The molecule has 0 aliphatic carbocycles. The van der Waals surface area contributed by atoms with Crippen LogP contribution in [0, 0.1) is 5.21 Å². The molecule has 0 fully saturated rings. The third-order valence-electron chi connectivity index (χ3n) is 2.15. The zero-order valence-electron chi connectivity index (χ0n) is 11.1. The number of hydrogen-bond donors (Lipinski definition) is 0. The van der Waals surface area contributed by atoms with Gasteiger partial charge in [0.25, 0.3) is 5.69 Å². The van der Waals surface area contributed by atoms with E-state index in [0.717, 1.165) is 20.0 Å². The summed E-state index contributed by atoms with van der Waals surface area (Å²) in [6.07, 6.45) is -0.546. The molecule has 108 valence electrons. The molecule has 0 amide bonds. The Morgan fingerprint density at radius 3 is 2.10 bits per heavy atom. The first-order valence-electron chi connectivity index (χ1n) is 5.51. The number of nitrogens with zero attached hydrogens (tertiary/aromatic N) is 1. The van der Waals surface area contributed by atoms with Gasteiger partial charge in [-0.15, -0.1) is 0 Å². The van der Waals surface area contributed by atoms with Gasteiger partial charge in [0.1, 0.15) is 5.56 Å². The van der Waals surface area contributed by atoms with Crippen LogP contribution >= 0.6 is 0 Å². The van der Waals surface area contributed by atoms with Crippen LogP contribution in [-0.2, 0) is 23.8 Å². The quantitative estimate of drug-likeness (QED) is 0.337. The molecular formula is C12H13NO7. The van der Waals surface area contributed by atoms with Crippen molar-refractivity contribution in [1.82, 2.24) is 0 Å². The predicted molar refractivity (Wildman–Crippen MR) is 63.0 cm³/mol. The molecule has 0 aliphatic rings. The number of pyridine rings is 1. The van der Waals surface area contributed by atoms with Crippen molar-refractivity contribution in [3.05, 3.63) is 34.8 Å². The Morgan fingerprint density at radius 1 is 1.15 bits per heavy atom. The number of carbonyl (C=O) groups excluding carboxylic acids is 3. The van der Waals surface area contributed by atoms with Gasteiger partial charge < -0.3 is 19.4 Å². The second kappa shape index (κ2) is 6.50. The molecule has 0 bridgehead atoms. The van der Waals surface area contributed by atoms with Gasteiger partial charge in [0.15, 0.2) is 6.20 Å². The standard InChI is InChI=1S/C12H13NO7/c1-7(14)19-12(20-8(2)15)10-5-4-9(6-13(10)17)11(16)18-3/h4-6,12H,1-3H3. The van der Waals surface area contributed by atoms with Crippen molar-refractivity contribution in [1.29, 1.82) is 0 Å². The van der Waals surface area contributed by atoms with Crippen LogP contribution in [-0.4, -0.2) is 25.0 Å². The average Bonchev–Trinajstić information content (AvgIpc) is 2.35. The lowest BCUT2D eigenvalue weighted by atomic mass is 10.2. The summed E-state index contributed by atoms with van der Waals surface area (Å²) in [5, 5.41) is 11.8. The Labute approximate surface area is 114 Å². The smallest absolute Gasteiger partial charge is 0.344 e. The van der Waals surface area contributed by atoms with Crippen LogP contribution in [0.25, 0.3) is 0 Å². The first kappa shape index (κ1) is 15.4. The first-order valence-corrected chi connectivity index (χ1v) is 5.51. The maximum Gasteiger partial charge on any atom is 0.344 e. The van der Waals surface area contributed by atoms with Crippen molar-refractivity contribution in [2.45, 2.75) is 20.1 Å². The van der Waals surface area contributed by atoms with Crippen LogP contribution < -0.4 is 4.73 Å². The van der Waals surface area contributed by atoms with E-state index in [1.807, 2.05) is 0 Å². The molecule has 0 N–H and O–H groups in total. The molecule has 0 radical (unpaired) electrons. The zero-order valence-corrected chi connectivity index (χ0v) is 11.1. The maximum atomic E-state index is 11.8. The third kappa shape index (κ3) is 3.94. The highest BCUT2D eigenvalue weighted by molar-refractivity contribution is 5.88. The van der Waals surface area contributed by atoms with Crippen molar-refractivity contribution in [2.75, 3.05) is 7.11 Å². The number of hydrogen-bond acceptors (Lipinski definition) is 7. The van der Waals surface area contributed by atoms with Crippen LogP contribution in [0.3, 0.4) is 0 Å². The zero-order chi connectivity index (χ0) is 15.3. The summed E-state index contributed by atoms with van der Waals surface area (Å²) in [5.41, 5.74) is -0.140. The van der Waals surface area contributed by atoms with E-state index < -0.39 is 24.2 Å². The number of ether oxygens (including phenoxy) is 3. The molecule has 0 saturated carbocycles. The molecule has 1 rings (SSSR count). The first-order chi connectivity index (χ1) is 9.35. The van der Waals surface area contributed by atoms with Crippen molar-refractivity contribution >= 4 is 17.9 Å². The van der Waals surface area contributed by atoms with Crippen LogP contribution in [0.5, 0.6) is 0 Å². The van der Waals surface area contributed by atoms with Gasteiger partial charge in [0, 0.05) is 19.9 Å². The minimum absolute atomic E-state index is 0.00986. The van der Waals surface area contributed by atoms with E-state index >= 15 is 0 Å². The molecule has 1 aromatic heterocycles. The van der Waals surface area contributed by atoms with Gasteiger partial charge in [0.2, 0.25) is 0 Å². The van der Waals surface area contributed by atoms with E-state index in [1.165, 1.54) is 19.2 Å². The molecule has 0 spiro atoms. The van der Waals surface area contributed by atoms with Crippen molar-refractivity contribution in [3.8, 4) is 0 Å².